The standard InChI is InChI=1S/C25H23N3O/c1-27(2)22-15-12-20(13-16-22)24(19-8-4-3-5-9-19)18-23-17-14-21-10-6-7-11-25(21)28(23)26-29/h3-18,24H,1-2H3/t24-/m0/s1. The lowest BCUT2D eigenvalue weighted by Crippen LogP contribution is -2.18. The molecule has 3 aromatic carbocycles. The monoisotopic (exact) mass is 381 g/mol. The highest BCUT2D eigenvalue weighted by atomic mass is 16.3. The minimum atomic E-state index is 0.00146. The first-order chi connectivity index (χ1) is 14.2. The van der Waals surface area contributed by atoms with E-state index < -0.39 is 0 Å². The van der Waals surface area contributed by atoms with Gasteiger partial charge in [-0.15, -0.1) is 4.91 Å². The van der Waals surface area contributed by atoms with Crippen LogP contribution in [0.2, 0.25) is 0 Å². The van der Waals surface area contributed by atoms with Crippen molar-refractivity contribution in [3.8, 4) is 0 Å². The zero-order chi connectivity index (χ0) is 20.2. The Kier molecular flexibility index (Phi) is 5.25. The van der Waals surface area contributed by atoms with E-state index in [1.54, 1.807) is 0 Å². The summed E-state index contributed by atoms with van der Waals surface area (Å²) in [7, 11) is 4.06. The van der Waals surface area contributed by atoms with Crippen molar-refractivity contribution in [1.29, 1.82) is 0 Å². The van der Waals surface area contributed by atoms with Gasteiger partial charge in [0.15, 0.2) is 0 Å². The van der Waals surface area contributed by atoms with E-state index in [-0.39, 0.29) is 5.92 Å². The summed E-state index contributed by atoms with van der Waals surface area (Å²) in [5, 5.41) is 4.78. The Morgan fingerprint density at radius 1 is 0.828 bits per heavy atom. The largest absolute Gasteiger partial charge is 0.378 e. The molecule has 0 saturated carbocycles. The van der Waals surface area contributed by atoms with E-state index in [0.717, 1.165) is 33.8 Å². The van der Waals surface area contributed by atoms with Crippen LogP contribution < -0.4 is 9.91 Å². The average molecular weight is 381 g/mol. The Labute approximate surface area is 171 Å². The molecule has 0 aliphatic carbocycles. The number of hydrogen-bond donors (Lipinski definition) is 0. The molecular formula is C25H23N3O. The first kappa shape index (κ1) is 18.7. The Bertz CT molecular complexity index is 1050. The third-order valence-corrected chi connectivity index (χ3v) is 5.19. The number of nitroso groups, excluding NO2 is 1. The summed E-state index contributed by atoms with van der Waals surface area (Å²) in [4.78, 5) is 13.8. The molecule has 0 bridgehead atoms. The molecule has 0 aromatic heterocycles. The number of allylic oxidation sites excluding steroid dienone is 2. The molecule has 4 heteroatoms. The van der Waals surface area contributed by atoms with Crippen molar-refractivity contribution >= 4 is 17.5 Å². The molecule has 144 valence electrons. The van der Waals surface area contributed by atoms with Crippen molar-refractivity contribution < 1.29 is 0 Å². The van der Waals surface area contributed by atoms with Gasteiger partial charge in [-0.3, -0.25) is 0 Å². The SMILES string of the molecule is CN(C)c1ccc([C@@H](C=C2C=Cc3ccccc3N2N=O)c2ccccc2)cc1. The van der Waals surface area contributed by atoms with Gasteiger partial charge in [-0.25, -0.2) is 0 Å². The van der Waals surface area contributed by atoms with E-state index in [1.807, 2.05) is 68.7 Å². The number of para-hydroxylation sites is 1. The van der Waals surface area contributed by atoms with Crippen LogP contribution >= 0.6 is 0 Å². The molecule has 0 spiro atoms. The minimum Gasteiger partial charge on any atom is -0.378 e. The first-order valence-corrected chi connectivity index (χ1v) is 9.62. The highest BCUT2D eigenvalue weighted by Gasteiger charge is 2.21. The van der Waals surface area contributed by atoms with Crippen LogP contribution in [0.1, 0.15) is 22.6 Å². The molecule has 1 atom stereocenters. The van der Waals surface area contributed by atoms with Gasteiger partial charge in [0, 0.05) is 31.3 Å². The fourth-order valence-electron chi connectivity index (χ4n) is 3.62. The Morgan fingerprint density at radius 3 is 2.17 bits per heavy atom. The second-order valence-electron chi connectivity index (χ2n) is 7.25. The van der Waals surface area contributed by atoms with E-state index in [2.05, 4.69) is 52.7 Å². The number of hydrogen-bond acceptors (Lipinski definition) is 3. The van der Waals surface area contributed by atoms with Crippen molar-refractivity contribution in [2.45, 2.75) is 5.92 Å². The molecule has 0 fully saturated rings. The molecule has 4 rings (SSSR count). The lowest BCUT2D eigenvalue weighted by molar-refractivity contribution is 0.952. The van der Waals surface area contributed by atoms with Crippen LogP contribution in [-0.4, -0.2) is 14.1 Å². The number of anilines is 2. The van der Waals surface area contributed by atoms with Gasteiger partial charge in [-0.2, -0.15) is 5.01 Å². The summed E-state index contributed by atoms with van der Waals surface area (Å²) >= 11 is 0. The topological polar surface area (TPSA) is 35.9 Å². The molecule has 0 N–H and O–H groups in total. The summed E-state index contributed by atoms with van der Waals surface area (Å²) in [5.41, 5.74) is 6.02. The highest BCUT2D eigenvalue weighted by Crippen LogP contribution is 2.35. The van der Waals surface area contributed by atoms with Gasteiger partial charge in [0.1, 0.15) is 0 Å². The van der Waals surface area contributed by atoms with E-state index in [9.17, 15) is 4.91 Å². The lowest BCUT2D eigenvalue weighted by Gasteiger charge is -2.25. The fraction of sp³-hybridized carbons (Fsp3) is 0.120. The maximum absolute atomic E-state index is 11.7. The number of rotatable bonds is 5. The summed E-state index contributed by atoms with van der Waals surface area (Å²) in [6.45, 7) is 0. The first-order valence-electron chi connectivity index (χ1n) is 9.62. The third-order valence-electron chi connectivity index (χ3n) is 5.19. The van der Waals surface area contributed by atoms with Gasteiger partial charge in [0.25, 0.3) is 0 Å². The van der Waals surface area contributed by atoms with Gasteiger partial charge in [-0.05, 0) is 41.5 Å². The van der Waals surface area contributed by atoms with Crippen LogP contribution in [0, 0.1) is 4.91 Å². The van der Waals surface area contributed by atoms with Crippen molar-refractivity contribution in [3.05, 3.63) is 118 Å². The molecular weight excluding hydrogens is 358 g/mol. The van der Waals surface area contributed by atoms with Gasteiger partial charge < -0.3 is 4.90 Å². The van der Waals surface area contributed by atoms with Crippen molar-refractivity contribution in [1.82, 2.24) is 0 Å². The molecule has 4 nitrogen and oxygen atoms in total. The molecule has 1 aliphatic heterocycles. The number of fused-ring (bicyclic) bond motifs is 1. The third kappa shape index (κ3) is 3.83. The number of benzene rings is 3. The molecule has 0 unspecified atom stereocenters. The van der Waals surface area contributed by atoms with Crippen LogP contribution in [-0.2, 0) is 0 Å². The number of nitrogens with zero attached hydrogens (tertiary/aromatic N) is 3. The predicted octanol–water partition coefficient (Wildman–Crippen LogP) is 5.98. The Hall–Kier alpha value is -3.66. The van der Waals surface area contributed by atoms with E-state index >= 15 is 0 Å². The molecule has 3 aromatic rings. The van der Waals surface area contributed by atoms with Crippen LogP contribution in [0.15, 0.2) is 102 Å². The van der Waals surface area contributed by atoms with Crippen LogP contribution in [0.5, 0.6) is 0 Å². The summed E-state index contributed by atoms with van der Waals surface area (Å²) in [6, 6.07) is 26.6. The zero-order valence-corrected chi connectivity index (χ0v) is 16.6. The van der Waals surface area contributed by atoms with Gasteiger partial charge in [0.05, 0.1) is 16.7 Å². The van der Waals surface area contributed by atoms with Crippen molar-refractivity contribution in [2.24, 2.45) is 5.29 Å². The molecule has 1 aliphatic rings. The average Bonchev–Trinajstić information content (AvgIpc) is 2.77. The maximum Gasteiger partial charge on any atom is 0.0757 e. The zero-order valence-electron chi connectivity index (χ0n) is 16.6. The summed E-state index contributed by atoms with van der Waals surface area (Å²) < 4.78 is 0. The summed E-state index contributed by atoms with van der Waals surface area (Å²) in [5.74, 6) is 0.00146. The van der Waals surface area contributed by atoms with E-state index in [0.29, 0.717) is 0 Å². The lowest BCUT2D eigenvalue weighted by atomic mass is 9.89. The van der Waals surface area contributed by atoms with Gasteiger partial charge >= 0.3 is 0 Å². The second kappa shape index (κ2) is 8.15. The second-order valence-corrected chi connectivity index (χ2v) is 7.25. The Balaban J connectivity index is 1.79. The highest BCUT2D eigenvalue weighted by molar-refractivity contribution is 5.76. The fourth-order valence-corrected chi connectivity index (χ4v) is 3.62. The molecule has 0 saturated heterocycles. The van der Waals surface area contributed by atoms with Gasteiger partial charge in [0.2, 0.25) is 0 Å². The normalized spacial score (nSPS) is 15.1. The van der Waals surface area contributed by atoms with Crippen LogP contribution in [0.25, 0.3) is 6.08 Å². The molecule has 0 amide bonds. The van der Waals surface area contributed by atoms with Crippen molar-refractivity contribution in [3.63, 3.8) is 0 Å². The molecule has 1 heterocycles. The van der Waals surface area contributed by atoms with E-state index in [4.69, 9.17) is 0 Å². The van der Waals surface area contributed by atoms with Crippen molar-refractivity contribution in [2.75, 3.05) is 24.0 Å². The predicted molar refractivity (Wildman–Crippen MR) is 121 cm³/mol. The maximum atomic E-state index is 11.7. The Morgan fingerprint density at radius 2 is 1.48 bits per heavy atom. The summed E-state index contributed by atoms with van der Waals surface area (Å²) in [6.07, 6.45) is 6.09. The van der Waals surface area contributed by atoms with E-state index in [1.165, 1.54) is 5.01 Å². The quantitative estimate of drug-likeness (QED) is 0.510. The minimum absolute atomic E-state index is 0.00146. The smallest absolute Gasteiger partial charge is 0.0757 e. The van der Waals surface area contributed by atoms with Gasteiger partial charge in [-0.1, -0.05) is 66.7 Å². The van der Waals surface area contributed by atoms with Crippen LogP contribution in [0.4, 0.5) is 11.4 Å². The molecule has 0 radical (unpaired) electrons. The molecule has 29 heavy (non-hydrogen) atoms. The van der Waals surface area contributed by atoms with Crippen LogP contribution in [0.3, 0.4) is 0 Å².